The lowest BCUT2D eigenvalue weighted by molar-refractivity contribution is -0.140. The number of benzene rings is 2. The van der Waals surface area contributed by atoms with Crippen LogP contribution in [-0.4, -0.2) is 81.2 Å². The van der Waals surface area contributed by atoms with Gasteiger partial charge in [-0.05, 0) is 67.9 Å². The lowest BCUT2D eigenvalue weighted by atomic mass is 9.92. The third-order valence-corrected chi connectivity index (χ3v) is 7.09. The van der Waals surface area contributed by atoms with Crippen molar-refractivity contribution >= 4 is 17.4 Å². The summed E-state index contributed by atoms with van der Waals surface area (Å²) < 4.78 is 22.0. The van der Waals surface area contributed by atoms with Gasteiger partial charge in [0.1, 0.15) is 11.5 Å². The van der Waals surface area contributed by atoms with Crippen LogP contribution in [0.4, 0.5) is 0 Å². The third kappa shape index (κ3) is 5.29. The van der Waals surface area contributed by atoms with Crippen molar-refractivity contribution in [3.8, 4) is 23.0 Å². The van der Waals surface area contributed by atoms with E-state index in [9.17, 15) is 14.7 Å². The summed E-state index contributed by atoms with van der Waals surface area (Å²) in [4.78, 5) is 30.6. The number of carbonyl (C=O) groups is 2. The van der Waals surface area contributed by atoms with Crippen LogP contribution in [0, 0.1) is 13.8 Å². The minimum Gasteiger partial charge on any atom is -0.507 e. The number of methoxy groups -OCH3 is 4. The topological polar surface area (TPSA) is 97.8 Å². The molecule has 1 aliphatic rings. The molecule has 1 amide bonds. The number of ketones is 1. The summed E-state index contributed by atoms with van der Waals surface area (Å²) in [5.74, 6) is 0.172. The predicted octanol–water partition coefficient (Wildman–Crippen LogP) is 4.10. The number of nitrogens with zero attached hydrogens (tertiary/aromatic N) is 2. The van der Waals surface area contributed by atoms with E-state index in [1.807, 2.05) is 27.7 Å². The van der Waals surface area contributed by atoms with E-state index in [4.69, 9.17) is 18.9 Å². The highest BCUT2D eigenvalue weighted by molar-refractivity contribution is 6.46. The monoisotopic (exact) mass is 526 g/mol. The van der Waals surface area contributed by atoms with Crippen LogP contribution in [0.3, 0.4) is 0 Å². The van der Waals surface area contributed by atoms with Gasteiger partial charge in [-0.2, -0.15) is 0 Å². The van der Waals surface area contributed by atoms with E-state index in [0.717, 1.165) is 18.7 Å². The molecule has 38 heavy (non-hydrogen) atoms. The Labute approximate surface area is 224 Å². The Bertz CT molecular complexity index is 1210. The molecule has 1 aliphatic heterocycles. The van der Waals surface area contributed by atoms with Crippen molar-refractivity contribution in [1.29, 1.82) is 0 Å². The fourth-order valence-electron chi connectivity index (χ4n) is 4.92. The van der Waals surface area contributed by atoms with Gasteiger partial charge in [0, 0.05) is 18.7 Å². The van der Waals surface area contributed by atoms with Crippen LogP contribution in [0.2, 0.25) is 0 Å². The average Bonchev–Trinajstić information content (AvgIpc) is 3.18. The summed E-state index contributed by atoms with van der Waals surface area (Å²) in [6, 6.07) is 6.12. The van der Waals surface area contributed by atoms with E-state index in [1.165, 1.54) is 26.2 Å². The predicted molar refractivity (Wildman–Crippen MR) is 145 cm³/mol. The highest BCUT2D eigenvalue weighted by Gasteiger charge is 2.46. The summed E-state index contributed by atoms with van der Waals surface area (Å²) in [6.07, 6.45) is 0. The Morgan fingerprint density at radius 1 is 0.868 bits per heavy atom. The van der Waals surface area contributed by atoms with Crippen LogP contribution in [0.25, 0.3) is 5.76 Å². The molecule has 3 rings (SSSR count). The maximum Gasteiger partial charge on any atom is 0.295 e. The zero-order chi connectivity index (χ0) is 28.1. The molecule has 2 aromatic carbocycles. The van der Waals surface area contributed by atoms with Gasteiger partial charge in [-0.15, -0.1) is 0 Å². The molecular weight excluding hydrogens is 488 g/mol. The Morgan fingerprint density at radius 3 is 1.95 bits per heavy atom. The number of hydrogen-bond acceptors (Lipinski definition) is 8. The number of likely N-dealkylation sites (N-methyl/N-ethyl adjacent to an activating group) is 1. The second-order valence-electron chi connectivity index (χ2n) is 9.11. The van der Waals surface area contributed by atoms with Crippen molar-refractivity contribution in [2.75, 3.05) is 54.6 Å². The van der Waals surface area contributed by atoms with Gasteiger partial charge < -0.3 is 33.9 Å². The number of rotatable bonds is 11. The number of aliphatic hydroxyl groups is 1. The van der Waals surface area contributed by atoms with Crippen molar-refractivity contribution in [2.24, 2.45) is 0 Å². The summed E-state index contributed by atoms with van der Waals surface area (Å²) in [6.45, 7) is 10.2. The van der Waals surface area contributed by atoms with Gasteiger partial charge in [-0.3, -0.25) is 9.59 Å². The van der Waals surface area contributed by atoms with Crippen LogP contribution in [0.15, 0.2) is 29.8 Å². The molecule has 1 heterocycles. The molecule has 0 saturated carbocycles. The molecule has 9 nitrogen and oxygen atoms in total. The van der Waals surface area contributed by atoms with Crippen LogP contribution < -0.4 is 18.9 Å². The van der Waals surface area contributed by atoms with E-state index in [2.05, 4.69) is 4.90 Å². The van der Waals surface area contributed by atoms with Crippen LogP contribution in [0.5, 0.6) is 23.0 Å². The Balaban J connectivity index is 2.28. The van der Waals surface area contributed by atoms with E-state index < -0.39 is 17.7 Å². The van der Waals surface area contributed by atoms with Gasteiger partial charge in [-0.1, -0.05) is 13.8 Å². The van der Waals surface area contributed by atoms with Crippen molar-refractivity contribution < 1.29 is 33.6 Å². The molecule has 1 N–H and O–H groups in total. The lowest BCUT2D eigenvalue weighted by Crippen LogP contribution is -2.38. The molecule has 0 radical (unpaired) electrons. The minimum absolute atomic E-state index is 0.0106. The quantitative estimate of drug-likeness (QED) is 0.266. The van der Waals surface area contributed by atoms with Crippen LogP contribution in [-0.2, 0) is 9.59 Å². The van der Waals surface area contributed by atoms with Gasteiger partial charge in [0.05, 0.1) is 40.1 Å². The number of Topliss-reactive ketones (excluding diaryl/α,β-unsaturated/α-hetero) is 1. The van der Waals surface area contributed by atoms with Crippen molar-refractivity contribution in [2.45, 2.75) is 33.7 Å². The molecule has 0 spiro atoms. The fourth-order valence-corrected chi connectivity index (χ4v) is 4.92. The molecule has 1 fully saturated rings. The first-order valence-electron chi connectivity index (χ1n) is 12.6. The van der Waals surface area contributed by atoms with Gasteiger partial charge in [0.15, 0.2) is 11.5 Å². The number of amides is 1. The zero-order valence-corrected chi connectivity index (χ0v) is 23.5. The molecule has 206 valence electrons. The van der Waals surface area contributed by atoms with E-state index >= 15 is 0 Å². The fraction of sp³-hybridized carbons (Fsp3) is 0.448. The van der Waals surface area contributed by atoms with E-state index in [1.54, 1.807) is 31.4 Å². The summed E-state index contributed by atoms with van der Waals surface area (Å²) in [5, 5.41) is 11.6. The van der Waals surface area contributed by atoms with Crippen LogP contribution >= 0.6 is 0 Å². The SMILES string of the molecule is CCN(CC)CCN1C(=O)C(=O)/C(=C(/O)c2cc(C)c(OC)cc2C)C1c1cc(OC)c(OC)c(OC)c1. The largest absolute Gasteiger partial charge is 0.507 e. The van der Waals surface area contributed by atoms with E-state index in [-0.39, 0.29) is 11.3 Å². The Morgan fingerprint density at radius 2 is 1.45 bits per heavy atom. The first kappa shape index (κ1) is 28.8. The molecule has 2 aromatic rings. The minimum atomic E-state index is -0.860. The maximum absolute atomic E-state index is 13.5. The number of aryl methyl sites for hydroxylation is 2. The second kappa shape index (κ2) is 12.2. The van der Waals surface area contributed by atoms with Gasteiger partial charge in [0.2, 0.25) is 5.75 Å². The molecule has 0 aromatic heterocycles. The van der Waals surface area contributed by atoms with Gasteiger partial charge in [-0.25, -0.2) is 0 Å². The summed E-state index contributed by atoms with van der Waals surface area (Å²) in [5.41, 5.74) is 2.53. The smallest absolute Gasteiger partial charge is 0.295 e. The average molecular weight is 527 g/mol. The second-order valence-corrected chi connectivity index (χ2v) is 9.11. The molecule has 0 bridgehead atoms. The first-order chi connectivity index (χ1) is 18.2. The molecule has 1 unspecified atom stereocenters. The Kier molecular flexibility index (Phi) is 9.27. The maximum atomic E-state index is 13.5. The lowest BCUT2D eigenvalue weighted by Gasteiger charge is -2.29. The van der Waals surface area contributed by atoms with Crippen molar-refractivity contribution in [1.82, 2.24) is 9.80 Å². The molecule has 0 aliphatic carbocycles. The van der Waals surface area contributed by atoms with Crippen molar-refractivity contribution in [3.05, 3.63) is 52.1 Å². The highest BCUT2D eigenvalue weighted by atomic mass is 16.5. The number of likely N-dealkylation sites (tertiary alicyclic amines) is 1. The Hall–Kier alpha value is -3.72. The number of ether oxygens (including phenoxy) is 4. The standard InChI is InChI=1S/C29H38N2O7/c1-9-30(10-2)11-12-31-25(19-15-22(36-6)28(38-8)23(16-19)37-7)24(27(33)29(31)34)26(32)20-13-18(4)21(35-5)14-17(20)3/h13-16,25,32H,9-12H2,1-8H3/b26-24+. The molecular formula is C29H38N2O7. The van der Waals surface area contributed by atoms with Crippen LogP contribution in [0.1, 0.15) is 42.1 Å². The molecule has 1 atom stereocenters. The number of hydrogen-bond donors (Lipinski definition) is 1. The molecule has 9 heteroatoms. The normalized spacial score (nSPS) is 16.8. The number of aliphatic hydroxyl groups excluding tert-OH is 1. The van der Waals surface area contributed by atoms with Gasteiger partial charge >= 0.3 is 0 Å². The highest BCUT2D eigenvalue weighted by Crippen LogP contribution is 2.46. The third-order valence-electron chi connectivity index (χ3n) is 7.09. The van der Waals surface area contributed by atoms with Gasteiger partial charge in [0.25, 0.3) is 11.7 Å². The summed E-state index contributed by atoms with van der Waals surface area (Å²) >= 11 is 0. The van der Waals surface area contributed by atoms with Crippen molar-refractivity contribution in [3.63, 3.8) is 0 Å². The zero-order valence-electron chi connectivity index (χ0n) is 23.5. The first-order valence-corrected chi connectivity index (χ1v) is 12.6. The number of carbonyl (C=O) groups excluding carboxylic acids is 2. The molecule has 1 saturated heterocycles. The summed E-state index contributed by atoms with van der Waals surface area (Å²) in [7, 11) is 6.09. The van der Waals surface area contributed by atoms with E-state index in [0.29, 0.717) is 52.8 Å².